The first-order valence-electron chi connectivity index (χ1n) is 8.15. The van der Waals surface area contributed by atoms with Crippen LogP contribution < -0.4 is 10.6 Å². The molecule has 0 aromatic heterocycles. The topological polar surface area (TPSA) is 95.6 Å². The summed E-state index contributed by atoms with van der Waals surface area (Å²) in [5.74, 6) is -1.34. The maximum Gasteiger partial charge on any atom is 0.243 e. The van der Waals surface area contributed by atoms with Crippen LogP contribution in [0.4, 0.5) is 15.8 Å². The van der Waals surface area contributed by atoms with Gasteiger partial charge < -0.3 is 10.6 Å². The monoisotopic (exact) mass is 393 g/mol. The predicted octanol–water partition coefficient (Wildman–Crippen LogP) is 2.43. The average molecular weight is 393 g/mol. The summed E-state index contributed by atoms with van der Waals surface area (Å²) < 4.78 is 39.2. The molecule has 7 nitrogen and oxygen atoms in total. The van der Waals surface area contributed by atoms with Crippen molar-refractivity contribution >= 4 is 33.2 Å². The van der Waals surface area contributed by atoms with Gasteiger partial charge in [-0.15, -0.1) is 0 Å². The molecule has 0 aliphatic carbocycles. The van der Waals surface area contributed by atoms with E-state index >= 15 is 0 Å². The van der Waals surface area contributed by atoms with E-state index in [1.54, 1.807) is 31.2 Å². The Hall–Kier alpha value is -2.78. The fraction of sp³-hybridized carbons (Fsp3) is 0.222. The molecule has 0 heterocycles. The normalized spacial score (nSPS) is 11.3. The van der Waals surface area contributed by atoms with E-state index in [0.717, 1.165) is 28.6 Å². The second kappa shape index (κ2) is 8.74. The van der Waals surface area contributed by atoms with Crippen LogP contribution in [0.2, 0.25) is 0 Å². The van der Waals surface area contributed by atoms with E-state index < -0.39 is 28.3 Å². The fourth-order valence-electron chi connectivity index (χ4n) is 2.36. The summed E-state index contributed by atoms with van der Waals surface area (Å²) in [5, 5.41) is 5.19. The summed E-state index contributed by atoms with van der Waals surface area (Å²) in [6.45, 7) is 2.64. The summed E-state index contributed by atoms with van der Waals surface area (Å²) >= 11 is 0. The zero-order chi connectivity index (χ0) is 20.0. The largest absolute Gasteiger partial charge is 0.326 e. The lowest BCUT2D eigenvalue weighted by Crippen LogP contribution is -2.37. The Morgan fingerprint density at radius 1 is 1.04 bits per heavy atom. The predicted molar refractivity (Wildman–Crippen MR) is 100 cm³/mol. The number of hydrogen-bond donors (Lipinski definition) is 2. The molecule has 2 rings (SSSR count). The minimum atomic E-state index is -3.93. The molecule has 2 aromatic rings. The molecule has 0 aliphatic heterocycles. The highest BCUT2D eigenvalue weighted by Crippen LogP contribution is 2.18. The van der Waals surface area contributed by atoms with Crippen molar-refractivity contribution in [2.45, 2.75) is 18.7 Å². The van der Waals surface area contributed by atoms with Crippen molar-refractivity contribution in [3.05, 3.63) is 54.3 Å². The van der Waals surface area contributed by atoms with Crippen molar-refractivity contribution in [2.24, 2.45) is 0 Å². The van der Waals surface area contributed by atoms with Crippen LogP contribution in [-0.2, 0) is 19.6 Å². The number of amides is 2. The lowest BCUT2D eigenvalue weighted by molar-refractivity contribution is -0.116. The zero-order valence-electron chi connectivity index (χ0n) is 14.9. The van der Waals surface area contributed by atoms with Gasteiger partial charge in [-0.05, 0) is 42.5 Å². The fourth-order valence-corrected chi connectivity index (χ4v) is 3.77. The van der Waals surface area contributed by atoms with Gasteiger partial charge in [0.25, 0.3) is 0 Å². The van der Waals surface area contributed by atoms with E-state index in [9.17, 15) is 22.4 Å². The van der Waals surface area contributed by atoms with Crippen LogP contribution in [0.1, 0.15) is 13.8 Å². The Kier molecular flexibility index (Phi) is 6.65. The molecule has 27 heavy (non-hydrogen) atoms. The van der Waals surface area contributed by atoms with Gasteiger partial charge in [-0.1, -0.05) is 13.0 Å². The SMILES string of the molecule is CCN(CC(=O)Nc1cccc(NC(C)=O)c1)S(=O)(=O)c1ccc(F)cc1. The van der Waals surface area contributed by atoms with Crippen LogP contribution >= 0.6 is 0 Å². The molecule has 2 amide bonds. The maximum atomic E-state index is 13.0. The number of nitrogens with zero attached hydrogens (tertiary/aromatic N) is 1. The molecule has 0 radical (unpaired) electrons. The van der Waals surface area contributed by atoms with Gasteiger partial charge >= 0.3 is 0 Å². The maximum absolute atomic E-state index is 13.0. The summed E-state index contributed by atoms with van der Waals surface area (Å²) in [6.07, 6.45) is 0. The van der Waals surface area contributed by atoms with Crippen LogP contribution in [0.5, 0.6) is 0 Å². The van der Waals surface area contributed by atoms with Crippen LogP contribution in [0, 0.1) is 5.82 Å². The molecule has 0 spiro atoms. The van der Waals surface area contributed by atoms with E-state index in [1.807, 2.05) is 0 Å². The molecule has 0 fully saturated rings. The van der Waals surface area contributed by atoms with Gasteiger partial charge in [-0.2, -0.15) is 4.31 Å². The molecule has 144 valence electrons. The first-order valence-corrected chi connectivity index (χ1v) is 9.59. The summed E-state index contributed by atoms with van der Waals surface area (Å²) in [7, 11) is -3.93. The van der Waals surface area contributed by atoms with Gasteiger partial charge in [0.1, 0.15) is 5.82 Å². The number of halogens is 1. The quantitative estimate of drug-likeness (QED) is 0.755. The summed E-state index contributed by atoms with van der Waals surface area (Å²) in [4.78, 5) is 23.3. The first kappa shape index (κ1) is 20.5. The zero-order valence-corrected chi connectivity index (χ0v) is 15.7. The van der Waals surface area contributed by atoms with Crippen molar-refractivity contribution in [3.8, 4) is 0 Å². The van der Waals surface area contributed by atoms with Gasteiger partial charge in [-0.25, -0.2) is 12.8 Å². The Morgan fingerprint density at radius 2 is 1.63 bits per heavy atom. The molecular weight excluding hydrogens is 373 g/mol. The van der Waals surface area contributed by atoms with E-state index in [0.29, 0.717) is 11.4 Å². The second-order valence-electron chi connectivity index (χ2n) is 5.70. The lowest BCUT2D eigenvalue weighted by Gasteiger charge is -2.20. The summed E-state index contributed by atoms with van der Waals surface area (Å²) in [6, 6.07) is 10.9. The molecule has 0 unspecified atom stereocenters. The Balaban J connectivity index is 2.10. The third-order valence-corrected chi connectivity index (χ3v) is 5.53. The molecule has 2 N–H and O–H groups in total. The number of sulfonamides is 1. The molecule has 0 aliphatic rings. The minimum absolute atomic E-state index is 0.0685. The van der Waals surface area contributed by atoms with E-state index in [2.05, 4.69) is 10.6 Å². The second-order valence-corrected chi connectivity index (χ2v) is 7.63. The van der Waals surface area contributed by atoms with Crippen LogP contribution in [0.15, 0.2) is 53.4 Å². The highest BCUT2D eigenvalue weighted by Gasteiger charge is 2.25. The summed E-state index contributed by atoms with van der Waals surface area (Å²) in [5.41, 5.74) is 0.924. The third-order valence-electron chi connectivity index (χ3n) is 3.59. The van der Waals surface area contributed by atoms with Gasteiger partial charge in [0, 0.05) is 24.8 Å². The number of benzene rings is 2. The number of nitrogens with one attached hydrogen (secondary N) is 2. The smallest absolute Gasteiger partial charge is 0.243 e. The van der Waals surface area contributed by atoms with E-state index in [-0.39, 0.29) is 17.3 Å². The molecule has 0 atom stereocenters. The van der Waals surface area contributed by atoms with Gasteiger partial charge in [0.15, 0.2) is 0 Å². The Bertz CT molecular complexity index is 930. The lowest BCUT2D eigenvalue weighted by atomic mass is 10.2. The van der Waals surface area contributed by atoms with E-state index in [4.69, 9.17) is 0 Å². The Labute approximate surface area is 157 Å². The van der Waals surface area contributed by atoms with Crippen LogP contribution in [-0.4, -0.2) is 37.6 Å². The molecule has 0 saturated heterocycles. The number of anilines is 2. The van der Waals surface area contributed by atoms with Gasteiger partial charge in [-0.3, -0.25) is 9.59 Å². The number of carbonyl (C=O) groups excluding carboxylic acids is 2. The van der Waals surface area contributed by atoms with Crippen LogP contribution in [0.3, 0.4) is 0 Å². The van der Waals surface area contributed by atoms with E-state index in [1.165, 1.54) is 6.92 Å². The highest BCUT2D eigenvalue weighted by atomic mass is 32.2. The first-order chi connectivity index (χ1) is 12.7. The van der Waals surface area contributed by atoms with Crippen molar-refractivity contribution in [3.63, 3.8) is 0 Å². The van der Waals surface area contributed by atoms with Gasteiger partial charge in [0.2, 0.25) is 21.8 Å². The Morgan fingerprint density at radius 3 is 2.19 bits per heavy atom. The van der Waals surface area contributed by atoms with Gasteiger partial charge in [0.05, 0.1) is 11.4 Å². The molecule has 0 saturated carbocycles. The van der Waals surface area contributed by atoms with Crippen molar-refractivity contribution < 1.29 is 22.4 Å². The number of likely N-dealkylation sites (N-methyl/N-ethyl adjacent to an activating group) is 1. The average Bonchev–Trinajstić information content (AvgIpc) is 2.59. The molecular formula is C18H20FN3O4S. The van der Waals surface area contributed by atoms with Crippen molar-refractivity contribution in [1.29, 1.82) is 0 Å². The highest BCUT2D eigenvalue weighted by molar-refractivity contribution is 7.89. The van der Waals surface area contributed by atoms with Crippen LogP contribution in [0.25, 0.3) is 0 Å². The number of carbonyl (C=O) groups is 2. The molecule has 0 bridgehead atoms. The third kappa shape index (κ3) is 5.60. The number of rotatable bonds is 7. The molecule has 2 aromatic carbocycles. The van der Waals surface area contributed by atoms with Crippen molar-refractivity contribution in [1.82, 2.24) is 4.31 Å². The minimum Gasteiger partial charge on any atom is -0.326 e. The standard InChI is InChI=1S/C18H20FN3O4S/c1-3-22(27(25,26)17-9-7-14(19)8-10-17)12-18(24)21-16-6-4-5-15(11-16)20-13(2)23/h4-11H,3,12H2,1-2H3,(H,20,23)(H,21,24). The van der Waals surface area contributed by atoms with Crippen molar-refractivity contribution in [2.75, 3.05) is 23.7 Å². The number of hydrogen-bond acceptors (Lipinski definition) is 4. The molecule has 9 heteroatoms.